The highest BCUT2D eigenvalue weighted by Gasteiger charge is 2.22. The third-order valence-electron chi connectivity index (χ3n) is 6.17. The van der Waals surface area contributed by atoms with Gasteiger partial charge in [-0.2, -0.15) is 0 Å². The van der Waals surface area contributed by atoms with Crippen LogP contribution in [0, 0.1) is 6.92 Å². The summed E-state index contributed by atoms with van der Waals surface area (Å²) in [5, 5.41) is 12.5. The number of likely N-dealkylation sites (tertiary alicyclic amines) is 1. The van der Waals surface area contributed by atoms with E-state index < -0.39 is 0 Å². The maximum atomic E-state index is 9.13. The summed E-state index contributed by atoms with van der Waals surface area (Å²) in [5.41, 5.74) is 4.71. The Labute approximate surface area is 190 Å². The van der Waals surface area contributed by atoms with Crippen LogP contribution >= 0.6 is 0 Å². The Morgan fingerprint density at radius 1 is 1.12 bits per heavy atom. The number of nitrogens with zero attached hydrogens (tertiary/aromatic N) is 4. The summed E-state index contributed by atoms with van der Waals surface area (Å²) in [6.45, 7) is 5.95. The van der Waals surface area contributed by atoms with E-state index in [2.05, 4.69) is 69.5 Å². The Balaban J connectivity index is 1.39. The molecule has 3 heterocycles. The van der Waals surface area contributed by atoms with Gasteiger partial charge in [-0.1, -0.05) is 24.3 Å². The standard InChI is InChI=1S/C26H33N5O/c1-20-6-4-14-27-26(20)29-25-9-3-8-24(28-25)22-7-5-15-31(19-22)18-21-10-12-23(13-11-21)30(2)16-17-32/h3-4,6,8-14,22,32H,5,7,15-19H2,1-2H3,(H,27,28,29)/t22-/m1/s1. The Bertz CT molecular complexity index is 1010. The van der Waals surface area contributed by atoms with E-state index in [1.54, 1.807) is 6.20 Å². The fourth-order valence-corrected chi connectivity index (χ4v) is 4.32. The molecule has 0 unspecified atom stereocenters. The molecule has 168 valence electrons. The maximum absolute atomic E-state index is 9.13. The van der Waals surface area contributed by atoms with Gasteiger partial charge in [-0.25, -0.2) is 9.97 Å². The fourth-order valence-electron chi connectivity index (χ4n) is 4.32. The third kappa shape index (κ3) is 5.64. The molecule has 3 aromatic rings. The number of piperidine rings is 1. The van der Waals surface area contributed by atoms with E-state index in [4.69, 9.17) is 10.1 Å². The van der Waals surface area contributed by atoms with Crippen molar-refractivity contribution < 1.29 is 5.11 Å². The molecule has 1 aliphatic rings. The Kier molecular flexibility index (Phi) is 7.35. The van der Waals surface area contributed by atoms with Gasteiger partial charge in [0, 0.05) is 50.2 Å². The van der Waals surface area contributed by atoms with E-state index >= 15 is 0 Å². The van der Waals surface area contributed by atoms with Crippen molar-refractivity contribution in [1.29, 1.82) is 0 Å². The summed E-state index contributed by atoms with van der Waals surface area (Å²) in [7, 11) is 2.01. The number of benzene rings is 1. The van der Waals surface area contributed by atoms with E-state index in [9.17, 15) is 0 Å². The lowest BCUT2D eigenvalue weighted by Crippen LogP contribution is -2.34. The van der Waals surface area contributed by atoms with Crippen molar-refractivity contribution in [2.24, 2.45) is 0 Å². The van der Waals surface area contributed by atoms with Crippen molar-refractivity contribution in [3.05, 3.63) is 77.6 Å². The summed E-state index contributed by atoms with van der Waals surface area (Å²) in [6.07, 6.45) is 4.15. The van der Waals surface area contributed by atoms with Gasteiger partial charge >= 0.3 is 0 Å². The van der Waals surface area contributed by atoms with Gasteiger partial charge in [0.1, 0.15) is 11.6 Å². The van der Waals surface area contributed by atoms with Crippen LogP contribution in [0.25, 0.3) is 0 Å². The molecule has 32 heavy (non-hydrogen) atoms. The van der Waals surface area contributed by atoms with Crippen LogP contribution in [0.2, 0.25) is 0 Å². The zero-order valence-electron chi connectivity index (χ0n) is 19.0. The SMILES string of the molecule is Cc1cccnc1Nc1cccc([C@@H]2CCCN(Cc3ccc(N(C)CCO)cc3)C2)n1. The summed E-state index contributed by atoms with van der Waals surface area (Å²) >= 11 is 0. The predicted molar refractivity (Wildman–Crippen MR) is 131 cm³/mol. The topological polar surface area (TPSA) is 64.5 Å². The van der Waals surface area contributed by atoms with E-state index in [1.807, 2.05) is 19.2 Å². The molecule has 6 nitrogen and oxygen atoms in total. The van der Waals surface area contributed by atoms with Crippen molar-refractivity contribution >= 4 is 17.3 Å². The number of hydrogen-bond acceptors (Lipinski definition) is 6. The molecular weight excluding hydrogens is 398 g/mol. The Hall–Kier alpha value is -2.96. The lowest BCUT2D eigenvalue weighted by molar-refractivity contribution is 0.198. The molecule has 0 aliphatic carbocycles. The van der Waals surface area contributed by atoms with Crippen LogP contribution < -0.4 is 10.2 Å². The molecule has 0 radical (unpaired) electrons. The molecule has 1 saturated heterocycles. The Morgan fingerprint density at radius 3 is 2.75 bits per heavy atom. The second-order valence-electron chi connectivity index (χ2n) is 8.63. The minimum atomic E-state index is 0.166. The lowest BCUT2D eigenvalue weighted by atomic mass is 9.94. The fraction of sp³-hybridized carbons (Fsp3) is 0.385. The second-order valence-corrected chi connectivity index (χ2v) is 8.63. The molecule has 1 atom stereocenters. The first-order valence-corrected chi connectivity index (χ1v) is 11.4. The number of rotatable bonds is 8. The van der Waals surface area contributed by atoms with Gasteiger partial charge in [-0.3, -0.25) is 4.90 Å². The van der Waals surface area contributed by atoms with Crippen LogP contribution in [0.4, 0.5) is 17.3 Å². The van der Waals surface area contributed by atoms with Crippen LogP contribution in [0.5, 0.6) is 0 Å². The van der Waals surface area contributed by atoms with Gasteiger partial charge in [0.05, 0.1) is 6.61 Å². The van der Waals surface area contributed by atoms with Gasteiger partial charge in [0.2, 0.25) is 0 Å². The highest BCUT2D eigenvalue weighted by atomic mass is 16.3. The number of aliphatic hydroxyl groups excluding tert-OH is 1. The van der Waals surface area contributed by atoms with Gasteiger partial charge in [-0.05, 0) is 67.8 Å². The minimum absolute atomic E-state index is 0.166. The molecular formula is C26H33N5O. The van der Waals surface area contributed by atoms with Crippen LogP contribution in [0.3, 0.4) is 0 Å². The zero-order valence-corrected chi connectivity index (χ0v) is 19.0. The first-order valence-electron chi connectivity index (χ1n) is 11.4. The van der Waals surface area contributed by atoms with Crippen LogP contribution in [-0.2, 0) is 6.54 Å². The molecule has 0 saturated carbocycles. The molecule has 4 rings (SSSR count). The first-order chi connectivity index (χ1) is 15.6. The van der Waals surface area contributed by atoms with Crippen molar-refractivity contribution in [2.75, 3.05) is 43.5 Å². The molecule has 0 spiro atoms. The van der Waals surface area contributed by atoms with Crippen molar-refractivity contribution in [3.8, 4) is 0 Å². The highest BCUT2D eigenvalue weighted by Crippen LogP contribution is 2.28. The summed E-state index contributed by atoms with van der Waals surface area (Å²) < 4.78 is 0. The van der Waals surface area contributed by atoms with E-state index in [0.29, 0.717) is 12.5 Å². The number of hydrogen-bond donors (Lipinski definition) is 2. The molecule has 2 N–H and O–H groups in total. The normalized spacial score (nSPS) is 16.7. The third-order valence-corrected chi connectivity index (χ3v) is 6.17. The predicted octanol–water partition coefficient (Wildman–Crippen LogP) is 4.34. The average molecular weight is 432 g/mol. The van der Waals surface area contributed by atoms with Crippen molar-refractivity contribution in [2.45, 2.75) is 32.2 Å². The molecule has 1 aliphatic heterocycles. The zero-order chi connectivity index (χ0) is 22.3. The van der Waals surface area contributed by atoms with Crippen molar-refractivity contribution in [1.82, 2.24) is 14.9 Å². The molecule has 0 amide bonds. The summed E-state index contributed by atoms with van der Waals surface area (Å²) in [5.74, 6) is 2.14. The minimum Gasteiger partial charge on any atom is -0.395 e. The number of pyridine rings is 2. The number of likely N-dealkylation sites (N-methyl/N-ethyl adjacent to an activating group) is 1. The van der Waals surface area contributed by atoms with Gasteiger partial charge in [0.15, 0.2) is 0 Å². The lowest BCUT2D eigenvalue weighted by Gasteiger charge is -2.32. The van der Waals surface area contributed by atoms with Crippen LogP contribution in [0.15, 0.2) is 60.8 Å². The largest absolute Gasteiger partial charge is 0.395 e. The number of anilines is 3. The van der Waals surface area contributed by atoms with Crippen LogP contribution in [0.1, 0.15) is 35.6 Å². The number of nitrogens with one attached hydrogen (secondary N) is 1. The van der Waals surface area contributed by atoms with Gasteiger partial charge in [0.25, 0.3) is 0 Å². The molecule has 6 heteroatoms. The molecule has 1 aromatic carbocycles. The molecule has 2 aromatic heterocycles. The van der Waals surface area contributed by atoms with E-state index in [-0.39, 0.29) is 6.61 Å². The highest BCUT2D eigenvalue weighted by molar-refractivity contribution is 5.55. The number of aromatic nitrogens is 2. The Morgan fingerprint density at radius 2 is 1.97 bits per heavy atom. The summed E-state index contributed by atoms with van der Waals surface area (Å²) in [4.78, 5) is 13.9. The van der Waals surface area contributed by atoms with E-state index in [0.717, 1.165) is 48.2 Å². The number of aryl methyl sites for hydroxylation is 1. The summed E-state index contributed by atoms with van der Waals surface area (Å²) in [6, 6.07) is 18.9. The first kappa shape index (κ1) is 22.2. The monoisotopic (exact) mass is 431 g/mol. The second kappa shape index (κ2) is 10.6. The number of aliphatic hydroxyl groups is 1. The average Bonchev–Trinajstić information content (AvgIpc) is 2.82. The van der Waals surface area contributed by atoms with Gasteiger partial charge < -0.3 is 15.3 Å². The van der Waals surface area contributed by atoms with Gasteiger partial charge in [-0.15, -0.1) is 0 Å². The van der Waals surface area contributed by atoms with E-state index in [1.165, 1.54) is 18.4 Å². The smallest absolute Gasteiger partial charge is 0.134 e. The molecule has 0 bridgehead atoms. The van der Waals surface area contributed by atoms with Crippen LogP contribution in [-0.4, -0.2) is 53.3 Å². The quantitative estimate of drug-likeness (QED) is 0.553. The van der Waals surface area contributed by atoms with Crippen molar-refractivity contribution in [3.63, 3.8) is 0 Å². The maximum Gasteiger partial charge on any atom is 0.134 e. The molecule has 1 fully saturated rings.